The summed E-state index contributed by atoms with van der Waals surface area (Å²) in [6, 6.07) is 10.2. The number of halogens is 1. The SMILES string of the molecule is O=c1[nH]ncc(NCC2CCOC2c2ccccc2)c1Cl. The van der Waals surface area contributed by atoms with E-state index in [0.717, 1.165) is 13.0 Å². The molecule has 110 valence electrons. The first-order chi connectivity index (χ1) is 10.3. The van der Waals surface area contributed by atoms with Crippen molar-refractivity contribution in [3.05, 3.63) is 57.5 Å². The van der Waals surface area contributed by atoms with Crippen molar-refractivity contribution in [3.63, 3.8) is 0 Å². The van der Waals surface area contributed by atoms with Crippen LogP contribution in [0.25, 0.3) is 0 Å². The summed E-state index contributed by atoms with van der Waals surface area (Å²) in [6.07, 6.45) is 2.57. The zero-order chi connectivity index (χ0) is 14.7. The molecule has 0 amide bonds. The Kier molecular flexibility index (Phi) is 4.22. The fourth-order valence-corrected chi connectivity index (χ4v) is 2.76. The first-order valence-corrected chi connectivity index (χ1v) is 7.27. The summed E-state index contributed by atoms with van der Waals surface area (Å²) in [6.45, 7) is 1.43. The Labute approximate surface area is 127 Å². The topological polar surface area (TPSA) is 67.0 Å². The third kappa shape index (κ3) is 3.09. The molecule has 1 aromatic heterocycles. The Morgan fingerprint density at radius 1 is 1.38 bits per heavy atom. The molecule has 21 heavy (non-hydrogen) atoms. The summed E-state index contributed by atoms with van der Waals surface area (Å²) in [5.74, 6) is 0.336. The second-order valence-corrected chi connectivity index (χ2v) is 5.44. The lowest BCUT2D eigenvalue weighted by atomic mass is 9.95. The number of aromatic amines is 1. The molecule has 0 aliphatic carbocycles. The quantitative estimate of drug-likeness (QED) is 0.911. The Bertz CT molecular complexity index is 659. The number of hydrogen-bond donors (Lipinski definition) is 2. The van der Waals surface area contributed by atoms with Gasteiger partial charge in [0.25, 0.3) is 5.56 Å². The highest BCUT2D eigenvalue weighted by atomic mass is 35.5. The van der Waals surface area contributed by atoms with Gasteiger partial charge in [-0.1, -0.05) is 41.9 Å². The average molecular weight is 306 g/mol. The van der Waals surface area contributed by atoms with Crippen molar-refractivity contribution in [2.24, 2.45) is 5.92 Å². The Morgan fingerprint density at radius 2 is 2.19 bits per heavy atom. The van der Waals surface area contributed by atoms with Gasteiger partial charge in [-0.15, -0.1) is 0 Å². The van der Waals surface area contributed by atoms with E-state index >= 15 is 0 Å². The molecule has 2 N–H and O–H groups in total. The monoisotopic (exact) mass is 305 g/mol. The van der Waals surface area contributed by atoms with Gasteiger partial charge >= 0.3 is 0 Å². The van der Waals surface area contributed by atoms with Gasteiger partial charge in [0.1, 0.15) is 5.02 Å². The van der Waals surface area contributed by atoms with E-state index in [1.165, 1.54) is 11.8 Å². The maximum atomic E-state index is 11.4. The molecule has 1 saturated heterocycles. The van der Waals surface area contributed by atoms with Gasteiger partial charge in [-0.05, 0) is 12.0 Å². The number of nitrogens with one attached hydrogen (secondary N) is 2. The maximum absolute atomic E-state index is 11.4. The van der Waals surface area contributed by atoms with E-state index < -0.39 is 0 Å². The standard InChI is InChI=1S/C15H16ClN3O2/c16-13-12(9-18-19-15(13)20)17-8-11-6-7-21-14(11)10-4-2-1-3-5-10/h1-5,9,11,14H,6-8H2,(H2,17,19,20). The third-order valence-corrected chi connectivity index (χ3v) is 4.07. The lowest BCUT2D eigenvalue weighted by Gasteiger charge is -2.20. The van der Waals surface area contributed by atoms with Crippen LogP contribution in [-0.2, 0) is 4.74 Å². The van der Waals surface area contributed by atoms with Crippen molar-refractivity contribution in [2.45, 2.75) is 12.5 Å². The first-order valence-electron chi connectivity index (χ1n) is 6.89. The molecule has 1 fully saturated rings. The van der Waals surface area contributed by atoms with Gasteiger partial charge in [0.2, 0.25) is 0 Å². The van der Waals surface area contributed by atoms with Crippen molar-refractivity contribution < 1.29 is 4.74 Å². The molecule has 0 spiro atoms. The molecule has 1 aromatic carbocycles. The molecule has 3 rings (SSSR count). The Balaban J connectivity index is 1.70. The number of aromatic nitrogens is 2. The highest BCUT2D eigenvalue weighted by molar-refractivity contribution is 6.32. The van der Waals surface area contributed by atoms with Crippen LogP contribution in [0.15, 0.2) is 41.3 Å². The highest BCUT2D eigenvalue weighted by Crippen LogP contribution is 2.34. The van der Waals surface area contributed by atoms with Gasteiger partial charge < -0.3 is 10.1 Å². The Hall–Kier alpha value is -1.85. The zero-order valence-corrected chi connectivity index (χ0v) is 12.1. The second kappa shape index (κ2) is 6.28. The molecule has 6 heteroatoms. The maximum Gasteiger partial charge on any atom is 0.285 e. The van der Waals surface area contributed by atoms with Crippen LogP contribution in [0.5, 0.6) is 0 Å². The summed E-state index contributed by atoms with van der Waals surface area (Å²) in [5, 5.41) is 9.39. The molecule has 2 atom stereocenters. The fraction of sp³-hybridized carbons (Fsp3) is 0.333. The number of benzene rings is 1. The van der Waals surface area contributed by atoms with Gasteiger partial charge in [-0.25, -0.2) is 5.10 Å². The third-order valence-electron chi connectivity index (χ3n) is 3.69. The van der Waals surface area contributed by atoms with E-state index in [2.05, 4.69) is 27.6 Å². The van der Waals surface area contributed by atoms with Crippen LogP contribution in [0.1, 0.15) is 18.1 Å². The largest absolute Gasteiger partial charge is 0.382 e. The number of H-pyrrole nitrogens is 1. The normalized spacial score (nSPS) is 21.4. The zero-order valence-electron chi connectivity index (χ0n) is 11.4. The number of anilines is 1. The van der Waals surface area contributed by atoms with Gasteiger partial charge in [-0.3, -0.25) is 4.79 Å². The van der Waals surface area contributed by atoms with Crippen molar-refractivity contribution in [2.75, 3.05) is 18.5 Å². The molecular weight excluding hydrogens is 290 g/mol. The van der Waals surface area contributed by atoms with Crippen LogP contribution in [-0.4, -0.2) is 23.3 Å². The molecule has 0 bridgehead atoms. The number of rotatable bonds is 4. The van der Waals surface area contributed by atoms with Crippen molar-refractivity contribution in [3.8, 4) is 0 Å². The molecule has 2 unspecified atom stereocenters. The summed E-state index contributed by atoms with van der Waals surface area (Å²) < 4.78 is 5.84. The van der Waals surface area contributed by atoms with Crippen LogP contribution in [0.4, 0.5) is 5.69 Å². The number of hydrogen-bond acceptors (Lipinski definition) is 4. The molecular formula is C15H16ClN3O2. The summed E-state index contributed by atoms with van der Waals surface area (Å²) >= 11 is 5.95. The van der Waals surface area contributed by atoms with E-state index in [-0.39, 0.29) is 16.7 Å². The average Bonchev–Trinajstić information content (AvgIpc) is 2.98. The number of ether oxygens (including phenoxy) is 1. The van der Waals surface area contributed by atoms with Gasteiger partial charge in [-0.2, -0.15) is 5.10 Å². The van der Waals surface area contributed by atoms with E-state index in [9.17, 15) is 4.79 Å². The molecule has 0 saturated carbocycles. The fourth-order valence-electron chi connectivity index (χ4n) is 2.60. The second-order valence-electron chi connectivity index (χ2n) is 5.06. The van der Waals surface area contributed by atoms with Gasteiger partial charge in [0.05, 0.1) is 18.0 Å². The summed E-state index contributed by atoms with van der Waals surface area (Å²) in [7, 11) is 0. The minimum absolute atomic E-state index is 0.0763. The molecule has 5 nitrogen and oxygen atoms in total. The first kappa shape index (κ1) is 14.1. The van der Waals surface area contributed by atoms with Crippen LogP contribution in [0.2, 0.25) is 5.02 Å². The van der Waals surface area contributed by atoms with Crippen LogP contribution in [0, 0.1) is 5.92 Å². The highest BCUT2D eigenvalue weighted by Gasteiger charge is 2.29. The van der Waals surface area contributed by atoms with Crippen LogP contribution < -0.4 is 10.9 Å². The number of nitrogens with zero attached hydrogens (tertiary/aromatic N) is 1. The van der Waals surface area contributed by atoms with E-state index in [1.807, 2.05) is 18.2 Å². The summed E-state index contributed by atoms with van der Waals surface area (Å²) in [5.41, 5.74) is 1.35. The van der Waals surface area contributed by atoms with Gasteiger partial charge in [0, 0.05) is 19.1 Å². The van der Waals surface area contributed by atoms with E-state index in [4.69, 9.17) is 16.3 Å². The molecule has 1 aliphatic rings. The van der Waals surface area contributed by atoms with Gasteiger partial charge in [0.15, 0.2) is 0 Å². The molecule has 0 radical (unpaired) electrons. The molecule has 2 heterocycles. The van der Waals surface area contributed by atoms with E-state index in [1.54, 1.807) is 0 Å². The summed E-state index contributed by atoms with van der Waals surface area (Å²) in [4.78, 5) is 11.4. The lowest BCUT2D eigenvalue weighted by Crippen LogP contribution is -2.20. The van der Waals surface area contributed by atoms with Crippen LogP contribution in [0.3, 0.4) is 0 Å². The van der Waals surface area contributed by atoms with Crippen molar-refractivity contribution in [1.82, 2.24) is 10.2 Å². The smallest absolute Gasteiger partial charge is 0.285 e. The van der Waals surface area contributed by atoms with E-state index in [0.29, 0.717) is 18.2 Å². The van der Waals surface area contributed by atoms with Crippen LogP contribution >= 0.6 is 11.6 Å². The van der Waals surface area contributed by atoms with Crippen molar-refractivity contribution >= 4 is 17.3 Å². The minimum atomic E-state index is -0.385. The molecule has 1 aliphatic heterocycles. The lowest BCUT2D eigenvalue weighted by molar-refractivity contribution is 0.0933. The van der Waals surface area contributed by atoms with Crippen molar-refractivity contribution in [1.29, 1.82) is 0 Å². The predicted molar refractivity (Wildman–Crippen MR) is 81.6 cm³/mol. The Morgan fingerprint density at radius 3 is 3.00 bits per heavy atom. The predicted octanol–water partition coefficient (Wildman–Crippen LogP) is 2.61. The molecule has 2 aromatic rings. The minimum Gasteiger partial charge on any atom is -0.382 e.